The number of pyridine rings is 1. The number of hydrogen-bond donors (Lipinski definition) is 2. The number of nitrogens with one attached hydrogen (secondary N) is 1. The fourth-order valence-corrected chi connectivity index (χ4v) is 1.61. The highest BCUT2D eigenvalue weighted by Gasteiger charge is 2.10. The Balaban J connectivity index is 2.28. The van der Waals surface area contributed by atoms with Crippen molar-refractivity contribution in [2.24, 2.45) is 5.73 Å². The van der Waals surface area contributed by atoms with Crippen molar-refractivity contribution in [1.82, 2.24) is 4.98 Å². The van der Waals surface area contributed by atoms with Crippen molar-refractivity contribution >= 4 is 11.5 Å². The lowest BCUT2D eigenvalue weighted by molar-refractivity contribution is -0.384. The molecule has 0 saturated heterocycles. The number of rotatable bonds is 4. The van der Waals surface area contributed by atoms with Gasteiger partial charge in [0.15, 0.2) is 0 Å². The number of aromatic nitrogens is 1. The van der Waals surface area contributed by atoms with E-state index < -0.39 is 4.92 Å². The minimum atomic E-state index is -0.467. The highest BCUT2D eigenvalue weighted by Crippen LogP contribution is 2.27. The lowest BCUT2D eigenvalue weighted by Gasteiger charge is -2.08. The number of nitrogen functional groups attached to an aromatic ring is 1. The molecule has 0 aliphatic heterocycles. The lowest BCUT2D eigenvalue weighted by atomic mass is 10.2. The summed E-state index contributed by atoms with van der Waals surface area (Å²) >= 11 is 0. The molecule has 0 saturated carbocycles. The monoisotopic (exact) mass is 272 g/mol. The maximum absolute atomic E-state index is 10.7. The summed E-state index contributed by atoms with van der Waals surface area (Å²) in [6, 6.07) is 7.41. The van der Waals surface area contributed by atoms with Crippen LogP contribution in [0.15, 0.2) is 36.5 Å². The molecule has 7 nitrogen and oxygen atoms in total. The second-order valence-corrected chi connectivity index (χ2v) is 4.11. The van der Waals surface area contributed by atoms with Gasteiger partial charge in [-0.15, -0.1) is 0 Å². The van der Waals surface area contributed by atoms with Gasteiger partial charge in [0.25, 0.3) is 5.69 Å². The van der Waals surface area contributed by atoms with E-state index in [1.165, 1.54) is 30.5 Å². The third kappa shape index (κ3) is 2.89. The number of nitrogens with two attached hydrogens (primary N) is 1. The van der Waals surface area contributed by atoms with E-state index in [0.717, 1.165) is 0 Å². The van der Waals surface area contributed by atoms with Gasteiger partial charge in [0, 0.05) is 30.0 Å². The zero-order chi connectivity index (χ0) is 14.7. The van der Waals surface area contributed by atoms with E-state index in [9.17, 15) is 10.1 Å². The predicted octanol–water partition coefficient (Wildman–Crippen LogP) is 2.37. The molecule has 3 N–H and O–H groups in total. The van der Waals surface area contributed by atoms with Gasteiger partial charge in [0.05, 0.1) is 4.92 Å². The zero-order valence-corrected chi connectivity index (χ0v) is 10.7. The van der Waals surface area contributed by atoms with Crippen molar-refractivity contribution in [2.45, 2.75) is 6.92 Å². The Morgan fingerprint density at radius 3 is 2.75 bits per heavy atom. The Bertz CT molecular complexity index is 685. The van der Waals surface area contributed by atoms with E-state index in [4.69, 9.17) is 15.9 Å². The summed E-state index contributed by atoms with van der Waals surface area (Å²) in [4.78, 5) is 14.2. The van der Waals surface area contributed by atoms with Gasteiger partial charge in [0.2, 0.25) is 5.88 Å². The SMILES string of the molecule is Cc1cc([N+](=O)[O-])ccc1Oc1cc(C(=N)N)ccn1. The van der Waals surface area contributed by atoms with Gasteiger partial charge in [-0.3, -0.25) is 15.5 Å². The molecule has 20 heavy (non-hydrogen) atoms. The second kappa shape index (κ2) is 5.35. The summed E-state index contributed by atoms with van der Waals surface area (Å²) in [6.07, 6.45) is 1.48. The molecule has 2 rings (SSSR count). The van der Waals surface area contributed by atoms with Crippen LogP contribution in [0.4, 0.5) is 5.69 Å². The molecule has 0 unspecified atom stereocenters. The fourth-order valence-electron chi connectivity index (χ4n) is 1.61. The molecule has 0 amide bonds. The quantitative estimate of drug-likeness (QED) is 0.383. The molecule has 1 aromatic heterocycles. The molecule has 102 valence electrons. The number of benzene rings is 1. The molecular formula is C13H12N4O3. The minimum Gasteiger partial charge on any atom is -0.439 e. The number of nitro groups is 1. The third-order valence-electron chi connectivity index (χ3n) is 2.63. The maximum Gasteiger partial charge on any atom is 0.269 e. The number of ether oxygens (including phenoxy) is 1. The first-order chi connectivity index (χ1) is 9.47. The summed E-state index contributed by atoms with van der Waals surface area (Å²) in [6.45, 7) is 1.71. The number of hydrogen-bond acceptors (Lipinski definition) is 5. The van der Waals surface area contributed by atoms with Crippen LogP contribution in [-0.2, 0) is 0 Å². The van der Waals surface area contributed by atoms with E-state index in [2.05, 4.69) is 4.98 Å². The minimum absolute atomic E-state index is 0.000274. The Kier molecular flexibility index (Phi) is 3.60. The lowest BCUT2D eigenvalue weighted by Crippen LogP contribution is -2.11. The van der Waals surface area contributed by atoms with Crippen LogP contribution < -0.4 is 10.5 Å². The fraction of sp³-hybridized carbons (Fsp3) is 0.0769. The standard InChI is InChI=1S/C13H12N4O3/c1-8-6-10(17(18)19)2-3-11(8)20-12-7-9(13(14)15)4-5-16-12/h2-7H,1H3,(H3,14,15). The van der Waals surface area contributed by atoms with Gasteiger partial charge in [-0.25, -0.2) is 4.98 Å². The predicted molar refractivity (Wildman–Crippen MR) is 73.2 cm³/mol. The number of non-ortho nitro benzene ring substituents is 1. The molecule has 1 aromatic carbocycles. The van der Waals surface area contributed by atoms with Gasteiger partial charge in [-0.2, -0.15) is 0 Å². The Labute approximate surface area is 114 Å². The topological polar surface area (TPSA) is 115 Å². The average Bonchev–Trinajstić information content (AvgIpc) is 2.41. The number of aryl methyl sites for hydroxylation is 1. The largest absolute Gasteiger partial charge is 0.439 e. The van der Waals surface area contributed by atoms with Crippen LogP contribution in [0.1, 0.15) is 11.1 Å². The average molecular weight is 272 g/mol. The first kappa shape index (κ1) is 13.5. The van der Waals surface area contributed by atoms with Crippen molar-refractivity contribution < 1.29 is 9.66 Å². The molecule has 1 heterocycles. The van der Waals surface area contributed by atoms with Crippen LogP contribution in [0, 0.1) is 22.4 Å². The molecule has 0 radical (unpaired) electrons. The van der Waals surface area contributed by atoms with Gasteiger partial charge < -0.3 is 10.5 Å². The summed E-state index contributed by atoms with van der Waals surface area (Å²) in [5, 5.41) is 18.0. The third-order valence-corrected chi connectivity index (χ3v) is 2.63. The van der Waals surface area contributed by atoms with Gasteiger partial charge >= 0.3 is 0 Å². The first-order valence-corrected chi connectivity index (χ1v) is 5.70. The van der Waals surface area contributed by atoms with Crippen molar-refractivity contribution in [3.63, 3.8) is 0 Å². The Morgan fingerprint density at radius 2 is 2.15 bits per heavy atom. The zero-order valence-electron chi connectivity index (χ0n) is 10.7. The van der Waals surface area contributed by atoms with Crippen LogP contribution in [0.25, 0.3) is 0 Å². The van der Waals surface area contributed by atoms with Crippen LogP contribution in [0.2, 0.25) is 0 Å². The van der Waals surface area contributed by atoms with Crippen LogP contribution >= 0.6 is 0 Å². The Morgan fingerprint density at radius 1 is 1.40 bits per heavy atom. The molecule has 0 spiro atoms. The number of nitro benzene ring substituents is 1. The van der Waals surface area contributed by atoms with E-state index in [1.54, 1.807) is 13.0 Å². The molecular weight excluding hydrogens is 260 g/mol. The number of amidine groups is 1. The smallest absolute Gasteiger partial charge is 0.269 e. The second-order valence-electron chi connectivity index (χ2n) is 4.11. The molecule has 2 aromatic rings. The van der Waals surface area contributed by atoms with Crippen molar-refractivity contribution in [2.75, 3.05) is 0 Å². The Hall–Kier alpha value is -2.96. The number of nitrogens with zero attached hydrogens (tertiary/aromatic N) is 2. The first-order valence-electron chi connectivity index (χ1n) is 5.70. The molecule has 0 aliphatic carbocycles. The summed E-state index contributed by atoms with van der Waals surface area (Å²) < 4.78 is 5.55. The summed E-state index contributed by atoms with van der Waals surface area (Å²) in [7, 11) is 0. The molecule has 0 fully saturated rings. The van der Waals surface area contributed by atoms with Crippen LogP contribution in [0.5, 0.6) is 11.6 Å². The van der Waals surface area contributed by atoms with Gasteiger partial charge in [-0.1, -0.05) is 0 Å². The molecule has 0 atom stereocenters. The normalized spacial score (nSPS) is 10.1. The van der Waals surface area contributed by atoms with Crippen molar-refractivity contribution in [1.29, 1.82) is 5.41 Å². The van der Waals surface area contributed by atoms with E-state index >= 15 is 0 Å². The summed E-state index contributed by atoms with van der Waals surface area (Å²) in [5.74, 6) is 0.649. The highest BCUT2D eigenvalue weighted by atomic mass is 16.6. The molecule has 7 heteroatoms. The maximum atomic E-state index is 10.7. The van der Waals surface area contributed by atoms with Crippen molar-refractivity contribution in [3.8, 4) is 11.6 Å². The molecule has 0 aliphatic rings. The van der Waals surface area contributed by atoms with E-state index in [-0.39, 0.29) is 17.4 Å². The van der Waals surface area contributed by atoms with E-state index in [0.29, 0.717) is 16.9 Å². The van der Waals surface area contributed by atoms with Crippen LogP contribution in [-0.4, -0.2) is 15.7 Å². The summed E-state index contributed by atoms with van der Waals surface area (Å²) in [5.41, 5.74) is 6.50. The molecule has 0 bridgehead atoms. The van der Waals surface area contributed by atoms with Crippen molar-refractivity contribution in [3.05, 3.63) is 57.8 Å². The highest BCUT2D eigenvalue weighted by molar-refractivity contribution is 5.95. The van der Waals surface area contributed by atoms with Crippen LogP contribution in [0.3, 0.4) is 0 Å². The van der Waals surface area contributed by atoms with Gasteiger partial charge in [0.1, 0.15) is 11.6 Å². The van der Waals surface area contributed by atoms with E-state index in [1.807, 2.05) is 0 Å². The van der Waals surface area contributed by atoms with Gasteiger partial charge in [-0.05, 0) is 24.6 Å².